The first-order valence-electron chi connectivity index (χ1n) is 7.37. The number of hydrogen-bond donors (Lipinski definition) is 3. The quantitative estimate of drug-likeness (QED) is 0.481. The molecule has 1 atom stereocenters. The lowest BCUT2D eigenvalue weighted by atomic mass is 10.0. The summed E-state index contributed by atoms with van der Waals surface area (Å²) >= 11 is 0. The number of hydrazine groups is 1. The molecule has 0 bridgehead atoms. The van der Waals surface area contributed by atoms with E-state index in [4.69, 9.17) is 5.11 Å². The zero-order chi connectivity index (χ0) is 18.1. The molecule has 2 amide bonds. The van der Waals surface area contributed by atoms with Gasteiger partial charge < -0.3 is 5.11 Å². The van der Waals surface area contributed by atoms with Crippen molar-refractivity contribution in [3.63, 3.8) is 0 Å². The number of benzene rings is 1. The van der Waals surface area contributed by atoms with Gasteiger partial charge in [-0.3, -0.25) is 35.3 Å². The van der Waals surface area contributed by atoms with Crippen molar-refractivity contribution in [1.82, 2.24) is 10.9 Å². The summed E-state index contributed by atoms with van der Waals surface area (Å²) in [5.41, 5.74) is 4.92. The van der Waals surface area contributed by atoms with Gasteiger partial charge in [-0.25, -0.2) is 0 Å². The van der Waals surface area contributed by atoms with Crippen molar-refractivity contribution in [2.75, 3.05) is 0 Å². The fraction of sp³-hybridized carbons (Fsp3) is 0.400. The first-order chi connectivity index (χ1) is 11.3. The van der Waals surface area contributed by atoms with Gasteiger partial charge in [-0.05, 0) is 18.4 Å². The molecule has 0 heterocycles. The van der Waals surface area contributed by atoms with Gasteiger partial charge in [0.15, 0.2) is 0 Å². The maximum atomic E-state index is 11.7. The molecule has 1 rings (SSSR count). The number of carboxylic acid groups (broad SMARTS) is 1. The summed E-state index contributed by atoms with van der Waals surface area (Å²) in [6.07, 6.45) is 0.554. The van der Waals surface area contributed by atoms with Gasteiger partial charge in [0, 0.05) is 18.6 Å². The van der Waals surface area contributed by atoms with Gasteiger partial charge in [-0.15, -0.1) is 0 Å². The Hall–Kier alpha value is -2.97. The number of carbonyl (C=O) groups excluding carboxylic acids is 2. The molecule has 0 fully saturated rings. The van der Waals surface area contributed by atoms with Gasteiger partial charge in [0.05, 0.1) is 17.3 Å². The van der Waals surface area contributed by atoms with E-state index in [0.717, 1.165) is 0 Å². The minimum atomic E-state index is -0.951. The first kappa shape index (κ1) is 19.1. The van der Waals surface area contributed by atoms with Crippen LogP contribution in [0.25, 0.3) is 0 Å². The van der Waals surface area contributed by atoms with Gasteiger partial charge in [0.25, 0.3) is 5.69 Å². The van der Waals surface area contributed by atoms with E-state index < -0.39 is 28.6 Å². The molecule has 0 unspecified atom stereocenters. The van der Waals surface area contributed by atoms with Crippen LogP contribution in [0.2, 0.25) is 0 Å². The molecular weight excluding hydrogens is 318 g/mol. The van der Waals surface area contributed by atoms with Crippen LogP contribution in [-0.4, -0.2) is 27.8 Å². The average Bonchev–Trinajstić information content (AvgIpc) is 2.53. The number of nitro groups is 1. The summed E-state index contributed by atoms with van der Waals surface area (Å²) in [6, 6.07) is 5.49. The number of amides is 2. The second-order valence-electron chi connectivity index (χ2n) is 5.18. The van der Waals surface area contributed by atoms with E-state index in [-0.39, 0.29) is 24.9 Å². The third kappa shape index (κ3) is 6.42. The predicted octanol–water partition coefficient (Wildman–Crippen LogP) is 1.18. The second kappa shape index (κ2) is 9.23. The first-order valence-corrected chi connectivity index (χ1v) is 7.37. The summed E-state index contributed by atoms with van der Waals surface area (Å²) in [4.78, 5) is 44.1. The van der Waals surface area contributed by atoms with E-state index in [9.17, 15) is 24.5 Å². The average molecular weight is 337 g/mol. The lowest BCUT2D eigenvalue weighted by Crippen LogP contribution is -2.42. The van der Waals surface area contributed by atoms with Crippen LogP contribution in [0.15, 0.2) is 24.3 Å². The van der Waals surface area contributed by atoms with Crippen LogP contribution >= 0.6 is 0 Å². The molecule has 130 valence electrons. The SMILES string of the molecule is CC[C@@H](CCC(=O)NNC(=O)Cc1ccc([N+](=O)[O-])cc1)C(=O)O. The molecule has 1 aromatic carbocycles. The Labute approximate surface area is 138 Å². The molecular formula is C15H19N3O6. The van der Waals surface area contributed by atoms with E-state index in [1.165, 1.54) is 24.3 Å². The fourth-order valence-corrected chi connectivity index (χ4v) is 1.97. The number of hydrogen-bond acceptors (Lipinski definition) is 5. The van der Waals surface area contributed by atoms with Crippen LogP contribution in [0.4, 0.5) is 5.69 Å². The predicted molar refractivity (Wildman–Crippen MR) is 83.7 cm³/mol. The topological polar surface area (TPSA) is 139 Å². The van der Waals surface area contributed by atoms with Gasteiger partial charge in [-0.1, -0.05) is 19.1 Å². The second-order valence-corrected chi connectivity index (χ2v) is 5.18. The number of carboxylic acids is 1. The van der Waals surface area contributed by atoms with Crippen molar-refractivity contribution >= 4 is 23.5 Å². The van der Waals surface area contributed by atoms with Crippen LogP contribution in [0.5, 0.6) is 0 Å². The Morgan fingerprint density at radius 1 is 1.17 bits per heavy atom. The van der Waals surface area contributed by atoms with Gasteiger partial charge in [0.2, 0.25) is 11.8 Å². The van der Waals surface area contributed by atoms with Crippen molar-refractivity contribution in [2.24, 2.45) is 5.92 Å². The van der Waals surface area contributed by atoms with Crippen molar-refractivity contribution in [3.05, 3.63) is 39.9 Å². The third-order valence-corrected chi connectivity index (χ3v) is 3.42. The highest BCUT2D eigenvalue weighted by Crippen LogP contribution is 2.12. The van der Waals surface area contributed by atoms with Crippen molar-refractivity contribution in [1.29, 1.82) is 0 Å². The minimum Gasteiger partial charge on any atom is -0.481 e. The Kier molecular flexibility index (Phi) is 7.34. The maximum absolute atomic E-state index is 11.7. The zero-order valence-electron chi connectivity index (χ0n) is 13.2. The number of nitrogens with zero attached hydrogens (tertiary/aromatic N) is 1. The molecule has 0 spiro atoms. The van der Waals surface area contributed by atoms with E-state index in [1.807, 2.05) is 0 Å². The monoisotopic (exact) mass is 337 g/mol. The molecule has 0 radical (unpaired) electrons. The van der Waals surface area contributed by atoms with E-state index in [2.05, 4.69) is 10.9 Å². The molecule has 9 heteroatoms. The Morgan fingerprint density at radius 3 is 2.25 bits per heavy atom. The zero-order valence-corrected chi connectivity index (χ0v) is 13.2. The third-order valence-electron chi connectivity index (χ3n) is 3.42. The summed E-state index contributed by atoms with van der Waals surface area (Å²) in [7, 11) is 0. The summed E-state index contributed by atoms with van der Waals surface area (Å²) in [6.45, 7) is 1.72. The number of nitrogens with one attached hydrogen (secondary N) is 2. The van der Waals surface area contributed by atoms with E-state index >= 15 is 0 Å². The van der Waals surface area contributed by atoms with E-state index in [1.54, 1.807) is 6.92 Å². The van der Waals surface area contributed by atoms with Crippen molar-refractivity contribution < 1.29 is 24.4 Å². The highest BCUT2D eigenvalue weighted by atomic mass is 16.6. The molecule has 0 aliphatic heterocycles. The minimum absolute atomic E-state index is 0.0113. The smallest absolute Gasteiger partial charge is 0.306 e. The Morgan fingerprint density at radius 2 is 1.75 bits per heavy atom. The van der Waals surface area contributed by atoms with Crippen LogP contribution in [0.3, 0.4) is 0 Å². The van der Waals surface area contributed by atoms with Crippen LogP contribution in [0, 0.1) is 16.0 Å². The molecule has 0 aliphatic rings. The molecule has 3 N–H and O–H groups in total. The molecule has 0 saturated carbocycles. The molecule has 0 aromatic heterocycles. The van der Waals surface area contributed by atoms with Crippen molar-refractivity contribution in [3.8, 4) is 0 Å². The summed E-state index contributed by atoms with van der Waals surface area (Å²) in [5, 5.41) is 19.4. The van der Waals surface area contributed by atoms with Crippen LogP contribution < -0.4 is 10.9 Å². The highest BCUT2D eigenvalue weighted by molar-refractivity contribution is 5.83. The van der Waals surface area contributed by atoms with Crippen LogP contribution in [-0.2, 0) is 20.8 Å². The number of nitro benzene ring substituents is 1. The van der Waals surface area contributed by atoms with Gasteiger partial charge in [-0.2, -0.15) is 0 Å². The number of carbonyl (C=O) groups is 3. The maximum Gasteiger partial charge on any atom is 0.306 e. The van der Waals surface area contributed by atoms with Gasteiger partial charge in [0.1, 0.15) is 0 Å². The van der Waals surface area contributed by atoms with Crippen molar-refractivity contribution in [2.45, 2.75) is 32.6 Å². The number of aliphatic carboxylic acids is 1. The molecule has 0 aliphatic carbocycles. The fourth-order valence-electron chi connectivity index (χ4n) is 1.97. The molecule has 0 saturated heterocycles. The molecule has 1 aromatic rings. The van der Waals surface area contributed by atoms with Crippen LogP contribution in [0.1, 0.15) is 31.7 Å². The normalized spacial score (nSPS) is 11.4. The standard InChI is InChI=1S/C15H19N3O6/c1-2-11(15(21)22)5-8-13(19)16-17-14(20)9-10-3-6-12(7-4-10)18(23)24/h3-4,6-7,11H,2,5,8-9H2,1H3,(H,16,19)(H,17,20)(H,21,22)/t11-/m0/s1. The highest BCUT2D eigenvalue weighted by Gasteiger charge is 2.16. The molecule has 9 nitrogen and oxygen atoms in total. The number of non-ortho nitro benzene ring substituents is 1. The largest absolute Gasteiger partial charge is 0.481 e. The molecule has 24 heavy (non-hydrogen) atoms. The van der Waals surface area contributed by atoms with E-state index in [0.29, 0.717) is 12.0 Å². The Bertz CT molecular complexity index is 614. The van der Waals surface area contributed by atoms with Gasteiger partial charge >= 0.3 is 5.97 Å². The summed E-state index contributed by atoms with van der Waals surface area (Å²) < 4.78 is 0. The summed E-state index contributed by atoms with van der Waals surface area (Å²) in [5.74, 6) is -2.51. The lowest BCUT2D eigenvalue weighted by Gasteiger charge is -2.10. The lowest BCUT2D eigenvalue weighted by molar-refractivity contribution is -0.384. The number of rotatable bonds is 8. The Balaban J connectivity index is 2.36.